The Labute approximate surface area is 127 Å². The van der Waals surface area contributed by atoms with Gasteiger partial charge in [0.25, 0.3) is 0 Å². The number of nitrogens with two attached hydrogens (primary N) is 1. The van der Waals surface area contributed by atoms with Gasteiger partial charge in [-0.05, 0) is 69.2 Å². The van der Waals surface area contributed by atoms with Gasteiger partial charge in [-0.2, -0.15) is 0 Å². The molecule has 3 rings (SSSR count). The van der Waals surface area contributed by atoms with Crippen LogP contribution in [0.2, 0.25) is 0 Å². The first-order chi connectivity index (χ1) is 9.83. The van der Waals surface area contributed by atoms with Gasteiger partial charge in [0, 0.05) is 0 Å². The lowest BCUT2D eigenvalue weighted by Crippen LogP contribution is -2.24. The van der Waals surface area contributed by atoms with Crippen LogP contribution >= 0.6 is 0 Å². The molecule has 3 aliphatic rings. The first-order valence-corrected chi connectivity index (χ1v) is 9.41. The molecule has 0 aromatic carbocycles. The number of rotatable bonds is 0. The van der Waals surface area contributed by atoms with Gasteiger partial charge in [-0.1, -0.05) is 51.4 Å². The molecule has 0 unspecified atom stereocenters. The first-order valence-electron chi connectivity index (χ1n) is 9.41. The van der Waals surface area contributed by atoms with E-state index >= 15 is 0 Å². The molecule has 0 atom stereocenters. The van der Waals surface area contributed by atoms with Crippen LogP contribution in [0.1, 0.15) is 103 Å². The van der Waals surface area contributed by atoms with Crippen LogP contribution in [0.25, 0.3) is 0 Å². The second kappa shape index (κ2) is 7.82. The minimum absolute atomic E-state index is 0.803. The van der Waals surface area contributed by atoms with Crippen LogP contribution in [0.5, 0.6) is 0 Å². The third-order valence-electron chi connectivity index (χ3n) is 6.68. The standard InChI is InChI=1S/C18H32.CH5N/c1-2-5-10-17(9-4-1)13-8-14-18(16-15-17)11-6-3-7-12-18;1-2/h1-16H2;2H2,1H3. The topological polar surface area (TPSA) is 26.0 Å². The van der Waals surface area contributed by atoms with Crippen molar-refractivity contribution in [1.82, 2.24) is 0 Å². The SMILES string of the molecule is C1CCCC2(CC1)CCCC1(CCCCC1)CC2.CN. The quantitative estimate of drug-likeness (QED) is 0.594. The van der Waals surface area contributed by atoms with Crippen molar-refractivity contribution in [3.05, 3.63) is 0 Å². The van der Waals surface area contributed by atoms with Crippen molar-refractivity contribution in [2.24, 2.45) is 16.6 Å². The lowest BCUT2D eigenvalue weighted by atomic mass is 9.68. The van der Waals surface area contributed by atoms with Crippen LogP contribution in [0.4, 0.5) is 0 Å². The van der Waals surface area contributed by atoms with Crippen LogP contribution in [0.3, 0.4) is 0 Å². The predicted molar refractivity (Wildman–Crippen MR) is 88.8 cm³/mol. The highest BCUT2D eigenvalue weighted by atomic mass is 14.4. The maximum atomic E-state index is 4.50. The molecule has 0 bridgehead atoms. The summed E-state index contributed by atoms with van der Waals surface area (Å²) in [5.74, 6) is 0. The van der Waals surface area contributed by atoms with E-state index in [-0.39, 0.29) is 0 Å². The van der Waals surface area contributed by atoms with Crippen molar-refractivity contribution >= 4 is 0 Å². The minimum atomic E-state index is 0.803. The molecule has 3 aliphatic carbocycles. The molecule has 1 nitrogen and oxygen atoms in total. The van der Waals surface area contributed by atoms with E-state index in [1.165, 1.54) is 52.0 Å². The van der Waals surface area contributed by atoms with Gasteiger partial charge in [0.1, 0.15) is 0 Å². The summed E-state index contributed by atoms with van der Waals surface area (Å²) in [7, 11) is 1.50. The fourth-order valence-corrected chi connectivity index (χ4v) is 5.40. The third-order valence-corrected chi connectivity index (χ3v) is 6.68. The van der Waals surface area contributed by atoms with Gasteiger partial charge in [-0.25, -0.2) is 0 Å². The Bertz CT molecular complexity index is 257. The van der Waals surface area contributed by atoms with Gasteiger partial charge in [0.2, 0.25) is 0 Å². The molecule has 1 heteroatoms. The maximum absolute atomic E-state index is 4.50. The van der Waals surface area contributed by atoms with E-state index in [4.69, 9.17) is 0 Å². The maximum Gasteiger partial charge on any atom is -0.0195 e. The van der Waals surface area contributed by atoms with Gasteiger partial charge in [-0.3, -0.25) is 0 Å². The molecule has 0 aliphatic heterocycles. The molecular weight excluding hydrogens is 242 g/mol. The average molecular weight is 280 g/mol. The third kappa shape index (κ3) is 4.00. The fourth-order valence-electron chi connectivity index (χ4n) is 5.40. The first kappa shape index (κ1) is 16.3. The summed E-state index contributed by atoms with van der Waals surface area (Å²) in [5.41, 5.74) is 6.12. The summed E-state index contributed by atoms with van der Waals surface area (Å²) >= 11 is 0. The second-order valence-corrected chi connectivity index (χ2v) is 7.83. The average Bonchev–Trinajstić information content (AvgIpc) is 2.83. The zero-order chi connectivity index (χ0) is 14.3. The number of hydrogen-bond donors (Lipinski definition) is 1. The molecule has 0 amide bonds. The van der Waals surface area contributed by atoms with Crippen molar-refractivity contribution in [1.29, 1.82) is 0 Å². The molecule has 0 radical (unpaired) electrons. The molecule has 2 N–H and O–H groups in total. The summed E-state index contributed by atoms with van der Waals surface area (Å²) in [6.07, 6.45) is 24.9. The van der Waals surface area contributed by atoms with E-state index < -0.39 is 0 Å². The lowest BCUT2D eigenvalue weighted by molar-refractivity contribution is 0.142. The summed E-state index contributed by atoms with van der Waals surface area (Å²) in [6, 6.07) is 0. The van der Waals surface area contributed by atoms with Gasteiger partial charge < -0.3 is 5.73 Å². The molecule has 0 saturated heterocycles. The monoisotopic (exact) mass is 279 g/mol. The van der Waals surface area contributed by atoms with Crippen molar-refractivity contribution in [3.63, 3.8) is 0 Å². The van der Waals surface area contributed by atoms with Gasteiger partial charge >= 0.3 is 0 Å². The highest BCUT2D eigenvalue weighted by Gasteiger charge is 2.39. The largest absolute Gasteiger partial charge is 0.333 e. The van der Waals surface area contributed by atoms with Crippen LogP contribution in [-0.2, 0) is 0 Å². The molecule has 118 valence electrons. The normalized spacial score (nSPS) is 29.1. The van der Waals surface area contributed by atoms with Gasteiger partial charge in [-0.15, -0.1) is 0 Å². The molecule has 0 heterocycles. The highest BCUT2D eigenvalue weighted by Crippen LogP contribution is 2.53. The Morgan fingerprint density at radius 2 is 0.700 bits per heavy atom. The van der Waals surface area contributed by atoms with Gasteiger partial charge in [0.05, 0.1) is 0 Å². The second-order valence-electron chi connectivity index (χ2n) is 7.83. The summed E-state index contributed by atoms with van der Waals surface area (Å²) in [5, 5.41) is 0. The zero-order valence-electron chi connectivity index (χ0n) is 13.9. The van der Waals surface area contributed by atoms with Crippen LogP contribution in [0.15, 0.2) is 0 Å². The van der Waals surface area contributed by atoms with Crippen molar-refractivity contribution in [2.45, 2.75) is 103 Å². The minimum Gasteiger partial charge on any atom is -0.333 e. The lowest BCUT2D eigenvalue weighted by Gasteiger charge is -2.38. The highest BCUT2D eigenvalue weighted by molar-refractivity contribution is 4.92. The van der Waals surface area contributed by atoms with E-state index in [2.05, 4.69) is 5.73 Å². The Kier molecular flexibility index (Phi) is 6.39. The molecule has 3 saturated carbocycles. The van der Waals surface area contributed by atoms with E-state index in [0.717, 1.165) is 10.8 Å². The van der Waals surface area contributed by atoms with Crippen molar-refractivity contribution < 1.29 is 0 Å². The van der Waals surface area contributed by atoms with Gasteiger partial charge in [0.15, 0.2) is 0 Å². The Morgan fingerprint density at radius 3 is 1.10 bits per heavy atom. The van der Waals surface area contributed by atoms with Crippen LogP contribution in [-0.4, -0.2) is 7.05 Å². The predicted octanol–water partition coefficient (Wildman–Crippen LogP) is 5.82. The molecule has 20 heavy (non-hydrogen) atoms. The Morgan fingerprint density at radius 1 is 0.400 bits per heavy atom. The molecule has 0 aromatic rings. The van der Waals surface area contributed by atoms with E-state index in [0.29, 0.717) is 0 Å². The summed E-state index contributed by atoms with van der Waals surface area (Å²) in [4.78, 5) is 0. The van der Waals surface area contributed by atoms with E-state index in [9.17, 15) is 0 Å². The van der Waals surface area contributed by atoms with E-state index in [1.54, 1.807) is 57.8 Å². The van der Waals surface area contributed by atoms with E-state index in [1.807, 2.05) is 0 Å². The van der Waals surface area contributed by atoms with Crippen LogP contribution < -0.4 is 5.73 Å². The molecule has 0 aromatic heterocycles. The zero-order valence-corrected chi connectivity index (χ0v) is 13.9. The summed E-state index contributed by atoms with van der Waals surface area (Å²) in [6.45, 7) is 0. The molecule has 3 fully saturated rings. The smallest absolute Gasteiger partial charge is 0.0195 e. The van der Waals surface area contributed by atoms with Crippen LogP contribution in [0, 0.1) is 10.8 Å². The molecular formula is C19H37N. The fraction of sp³-hybridized carbons (Fsp3) is 1.00. The van der Waals surface area contributed by atoms with Crippen molar-refractivity contribution in [2.75, 3.05) is 7.05 Å². The number of hydrogen-bond acceptors (Lipinski definition) is 1. The summed E-state index contributed by atoms with van der Waals surface area (Å²) < 4.78 is 0. The Hall–Kier alpha value is -0.0400. The molecule has 2 spiro atoms. The van der Waals surface area contributed by atoms with Crippen molar-refractivity contribution in [3.8, 4) is 0 Å². The Balaban J connectivity index is 0.000000704.